The van der Waals surface area contributed by atoms with E-state index in [1.165, 1.54) is 19.2 Å². The van der Waals surface area contributed by atoms with E-state index >= 15 is 0 Å². The predicted molar refractivity (Wildman–Crippen MR) is 77.1 cm³/mol. The Hall–Kier alpha value is -1.65. The minimum Gasteiger partial charge on any atom is -0.494 e. The fourth-order valence-electron chi connectivity index (χ4n) is 1.59. The van der Waals surface area contributed by atoms with Crippen molar-refractivity contribution in [2.75, 3.05) is 18.2 Å². The van der Waals surface area contributed by atoms with Crippen LogP contribution in [0.4, 0.5) is 21.5 Å². The zero-order valence-electron chi connectivity index (χ0n) is 10.0. The van der Waals surface area contributed by atoms with Crippen LogP contribution >= 0.6 is 23.2 Å². The van der Waals surface area contributed by atoms with Gasteiger partial charge in [-0.3, -0.25) is 0 Å². The van der Waals surface area contributed by atoms with Gasteiger partial charge in [0.2, 0.25) is 0 Å². The summed E-state index contributed by atoms with van der Waals surface area (Å²) in [6, 6.07) is 7.52. The highest BCUT2D eigenvalue weighted by Crippen LogP contribution is 2.35. The molecule has 19 heavy (non-hydrogen) atoms. The van der Waals surface area contributed by atoms with Crippen molar-refractivity contribution in [2.24, 2.45) is 0 Å². The van der Waals surface area contributed by atoms with Crippen molar-refractivity contribution in [3.05, 3.63) is 46.2 Å². The monoisotopic (exact) mass is 300 g/mol. The van der Waals surface area contributed by atoms with E-state index in [1.807, 2.05) is 0 Å². The molecule has 3 nitrogen and oxygen atoms in total. The molecule has 0 aliphatic carbocycles. The Bertz CT molecular complexity index is 597. The van der Waals surface area contributed by atoms with E-state index in [2.05, 4.69) is 5.32 Å². The molecule has 6 heteroatoms. The van der Waals surface area contributed by atoms with Crippen molar-refractivity contribution in [2.45, 2.75) is 0 Å². The van der Waals surface area contributed by atoms with Crippen LogP contribution in [0.1, 0.15) is 0 Å². The Morgan fingerprint density at radius 1 is 1.16 bits per heavy atom. The van der Waals surface area contributed by atoms with Gasteiger partial charge in [-0.15, -0.1) is 0 Å². The second kappa shape index (κ2) is 5.55. The smallest absolute Gasteiger partial charge is 0.165 e. The molecule has 0 spiro atoms. The van der Waals surface area contributed by atoms with Crippen LogP contribution in [0.3, 0.4) is 0 Å². The molecule has 2 aromatic rings. The Morgan fingerprint density at radius 3 is 2.37 bits per heavy atom. The van der Waals surface area contributed by atoms with Gasteiger partial charge in [-0.1, -0.05) is 23.2 Å². The second-order valence-corrected chi connectivity index (χ2v) is 4.65. The van der Waals surface area contributed by atoms with E-state index < -0.39 is 5.82 Å². The summed E-state index contributed by atoms with van der Waals surface area (Å²) in [6.45, 7) is 0. The van der Waals surface area contributed by atoms with Gasteiger partial charge < -0.3 is 15.8 Å². The summed E-state index contributed by atoms with van der Waals surface area (Å²) in [5, 5.41) is 3.77. The predicted octanol–water partition coefficient (Wildman–Crippen LogP) is 4.47. The second-order valence-electron chi connectivity index (χ2n) is 3.83. The van der Waals surface area contributed by atoms with Gasteiger partial charge in [0.05, 0.1) is 22.8 Å². The fraction of sp³-hybridized carbons (Fsp3) is 0.0769. The summed E-state index contributed by atoms with van der Waals surface area (Å²) in [7, 11) is 1.39. The van der Waals surface area contributed by atoms with Crippen LogP contribution in [-0.2, 0) is 0 Å². The minimum atomic E-state index is -0.442. The third kappa shape index (κ3) is 3.03. The molecule has 100 valence electrons. The molecule has 0 aliphatic rings. The maximum atomic E-state index is 13.3. The number of rotatable bonds is 3. The number of nitrogen functional groups attached to an aromatic ring is 1. The van der Waals surface area contributed by atoms with Crippen LogP contribution in [0.2, 0.25) is 10.0 Å². The maximum Gasteiger partial charge on any atom is 0.165 e. The van der Waals surface area contributed by atoms with E-state index in [0.29, 0.717) is 27.1 Å². The van der Waals surface area contributed by atoms with Gasteiger partial charge in [0.25, 0.3) is 0 Å². The van der Waals surface area contributed by atoms with E-state index in [9.17, 15) is 4.39 Å². The normalized spacial score (nSPS) is 10.3. The number of methoxy groups -OCH3 is 1. The van der Waals surface area contributed by atoms with E-state index in [1.54, 1.807) is 18.2 Å². The van der Waals surface area contributed by atoms with Crippen LogP contribution in [0.25, 0.3) is 0 Å². The van der Waals surface area contributed by atoms with E-state index in [4.69, 9.17) is 33.7 Å². The standard InChI is InChI=1S/C13H11Cl2FN2O/c1-19-12-6-8(2-3-11(12)16)18-13-9(14)4-7(17)5-10(13)15/h2-6,18H,17H2,1H3. The number of ether oxygens (including phenoxy) is 1. The van der Waals surface area contributed by atoms with Gasteiger partial charge in [0, 0.05) is 17.4 Å². The van der Waals surface area contributed by atoms with Gasteiger partial charge in [0.15, 0.2) is 11.6 Å². The quantitative estimate of drug-likeness (QED) is 0.822. The van der Waals surface area contributed by atoms with E-state index in [-0.39, 0.29) is 5.75 Å². The van der Waals surface area contributed by atoms with Gasteiger partial charge in [-0.25, -0.2) is 4.39 Å². The topological polar surface area (TPSA) is 47.3 Å². The summed E-state index contributed by atoms with van der Waals surface area (Å²) in [5.41, 5.74) is 7.20. The lowest BCUT2D eigenvalue weighted by Gasteiger charge is -2.12. The van der Waals surface area contributed by atoms with Crippen molar-refractivity contribution < 1.29 is 9.13 Å². The third-order valence-electron chi connectivity index (χ3n) is 2.48. The van der Waals surface area contributed by atoms with Crippen molar-refractivity contribution in [3.8, 4) is 5.75 Å². The lowest BCUT2D eigenvalue weighted by molar-refractivity contribution is 0.387. The zero-order valence-corrected chi connectivity index (χ0v) is 11.5. The van der Waals surface area contributed by atoms with E-state index in [0.717, 1.165) is 0 Å². The first kappa shape index (κ1) is 13.8. The highest BCUT2D eigenvalue weighted by Gasteiger charge is 2.09. The molecule has 2 rings (SSSR count). The lowest BCUT2D eigenvalue weighted by atomic mass is 10.2. The van der Waals surface area contributed by atoms with Gasteiger partial charge in [-0.05, 0) is 24.3 Å². The molecule has 0 aromatic heterocycles. The van der Waals surface area contributed by atoms with Gasteiger partial charge in [0.1, 0.15) is 0 Å². The summed E-state index contributed by atoms with van der Waals surface area (Å²) >= 11 is 12.1. The Balaban J connectivity index is 2.36. The highest BCUT2D eigenvalue weighted by molar-refractivity contribution is 6.39. The van der Waals surface area contributed by atoms with Crippen molar-refractivity contribution in [1.82, 2.24) is 0 Å². The maximum absolute atomic E-state index is 13.3. The zero-order chi connectivity index (χ0) is 14.0. The highest BCUT2D eigenvalue weighted by atomic mass is 35.5. The average molecular weight is 301 g/mol. The Kier molecular flexibility index (Phi) is 4.02. The number of hydrogen-bond acceptors (Lipinski definition) is 3. The summed E-state index contributed by atoms with van der Waals surface area (Å²) in [5.74, 6) is -0.310. The number of anilines is 3. The van der Waals surface area contributed by atoms with Crippen molar-refractivity contribution in [1.29, 1.82) is 0 Å². The average Bonchev–Trinajstić information content (AvgIpc) is 2.35. The summed E-state index contributed by atoms with van der Waals surface area (Å²) < 4.78 is 18.2. The first-order valence-electron chi connectivity index (χ1n) is 5.36. The lowest BCUT2D eigenvalue weighted by Crippen LogP contribution is -1.96. The largest absolute Gasteiger partial charge is 0.494 e. The molecule has 0 fully saturated rings. The minimum absolute atomic E-state index is 0.132. The number of halogens is 3. The molecule has 0 atom stereocenters. The number of hydrogen-bond donors (Lipinski definition) is 2. The molecule has 2 aromatic carbocycles. The number of nitrogens with one attached hydrogen (secondary N) is 1. The summed E-state index contributed by atoms with van der Waals surface area (Å²) in [6.07, 6.45) is 0. The molecular formula is C13H11Cl2FN2O. The molecule has 0 saturated carbocycles. The molecule has 0 bridgehead atoms. The van der Waals surface area contributed by atoms with Crippen LogP contribution in [0, 0.1) is 5.82 Å². The SMILES string of the molecule is COc1cc(Nc2c(Cl)cc(N)cc2Cl)ccc1F. The molecule has 0 amide bonds. The summed E-state index contributed by atoms with van der Waals surface area (Å²) in [4.78, 5) is 0. The van der Waals surface area contributed by atoms with Crippen LogP contribution in [0.15, 0.2) is 30.3 Å². The fourth-order valence-corrected chi connectivity index (χ4v) is 2.19. The van der Waals surface area contributed by atoms with Gasteiger partial charge in [-0.2, -0.15) is 0 Å². The number of benzene rings is 2. The number of nitrogens with two attached hydrogens (primary N) is 1. The molecule has 0 heterocycles. The third-order valence-corrected chi connectivity index (χ3v) is 3.08. The Morgan fingerprint density at radius 2 is 1.79 bits per heavy atom. The van der Waals surface area contributed by atoms with Crippen LogP contribution in [-0.4, -0.2) is 7.11 Å². The molecular weight excluding hydrogens is 290 g/mol. The Labute approximate surface area is 120 Å². The molecule has 3 N–H and O–H groups in total. The molecule has 0 radical (unpaired) electrons. The van der Waals surface area contributed by atoms with Gasteiger partial charge >= 0.3 is 0 Å². The van der Waals surface area contributed by atoms with Crippen molar-refractivity contribution >= 4 is 40.3 Å². The first-order valence-corrected chi connectivity index (χ1v) is 6.12. The molecule has 0 saturated heterocycles. The molecule has 0 unspecified atom stereocenters. The first-order chi connectivity index (χ1) is 9.01. The molecule has 0 aliphatic heterocycles. The van der Waals surface area contributed by atoms with Crippen molar-refractivity contribution in [3.63, 3.8) is 0 Å². The van der Waals surface area contributed by atoms with Crippen LogP contribution < -0.4 is 15.8 Å². The van der Waals surface area contributed by atoms with Crippen LogP contribution in [0.5, 0.6) is 5.75 Å².